The molecule has 1 heterocycles. The van der Waals surface area contributed by atoms with Crippen LogP contribution < -0.4 is 19.7 Å². The first-order valence-corrected chi connectivity index (χ1v) is 10.8. The number of hydrogen-bond acceptors (Lipinski definition) is 4. The summed E-state index contributed by atoms with van der Waals surface area (Å²) in [6.45, 7) is 4.89. The molecule has 6 heteroatoms. The summed E-state index contributed by atoms with van der Waals surface area (Å²) in [7, 11) is 3.22. The quantitative estimate of drug-likeness (QED) is 0.684. The van der Waals surface area contributed by atoms with Gasteiger partial charge >= 0.3 is 0 Å². The van der Waals surface area contributed by atoms with Crippen molar-refractivity contribution in [3.63, 3.8) is 0 Å². The lowest BCUT2D eigenvalue weighted by Crippen LogP contribution is -2.48. The molecule has 2 atom stereocenters. The lowest BCUT2D eigenvalue weighted by atomic mass is 9.82. The largest absolute Gasteiger partial charge is 0.497 e. The molecule has 0 aromatic heterocycles. The third-order valence-corrected chi connectivity index (χ3v) is 5.76. The molecule has 0 saturated carbocycles. The molecular formula is C25H32N2O4. The molecule has 1 aliphatic rings. The van der Waals surface area contributed by atoms with Gasteiger partial charge in [0.15, 0.2) is 0 Å². The lowest BCUT2D eigenvalue weighted by molar-refractivity contribution is -0.129. The van der Waals surface area contributed by atoms with Gasteiger partial charge in [0.05, 0.1) is 26.2 Å². The van der Waals surface area contributed by atoms with Crippen LogP contribution in [0.4, 0.5) is 5.69 Å². The van der Waals surface area contributed by atoms with Crippen LogP contribution >= 0.6 is 0 Å². The summed E-state index contributed by atoms with van der Waals surface area (Å²) in [4.78, 5) is 28.1. The van der Waals surface area contributed by atoms with Gasteiger partial charge in [0, 0.05) is 24.2 Å². The van der Waals surface area contributed by atoms with Gasteiger partial charge in [-0.15, -0.1) is 0 Å². The Kier molecular flexibility index (Phi) is 7.55. The molecule has 31 heavy (non-hydrogen) atoms. The number of carbonyl (C=O) groups is 2. The topological polar surface area (TPSA) is 67.9 Å². The molecular weight excluding hydrogens is 392 g/mol. The number of carbonyl (C=O) groups excluding carboxylic acids is 2. The van der Waals surface area contributed by atoms with Crippen LogP contribution in [0, 0.1) is 11.8 Å². The summed E-state index contributed by atoms with van der Waals surface area (Å²) in [5, 5.41) is 3.09. The first-order chi connectivity index (χ1) is 15.0. The van der Waals surface area contributed by atoms with E-state index in [2.05, 4.69) is 19.2 Å². The first kappa shape index (κ1) is 22.7. The molecule has 1 fully saturated rings. The monoisotopic (exact) mass is 424 g/mol. The lowest BCUT2D eigenvalue weighted by Gasteiger charge is -2.41. The standard InChI is InChI=1S/C25H32N2O4/c1-17(2)15-16-26-25(29)21-13-14-23(28)27(18-9-11-19(30-3)12-10-18)24(21)20-7-5-6-8-22(20)31-4/h5-12,17,21,24H,13-16H2,1-4H3,(H,26,29)/t21-,24+/m1/s1. The SMILES string of the molecule is COc1ccc(N2C(=O)CC[C@@H](C(=O)NCCC(C)C)[C@@H]2c2ccccc2OC)cc1. The van der Waals surface area contributed by atoms with Gasteiger partial charge in [0.1, 0.15) is 11.5 Å². The van der Waals surface area contributed by atoms with Crippen molar-refractivity contribution in [3.05, 3.63) is 54.1 Å². The first-order valence-electron chi connectivity index (χ1n) is 10.8. The maximum atomic E-state index is 13.2. The van der Waals surface area contributed by atoms with Gasteiger partial charge in [-0.05, 0) is 49.1 Å². The molecule has 0 aliphatic carbocycles. The molecule has 2 aromatic carbocycles. The van der Waals surface area contributed by atoms with E-state index in [1.165, 1.54) is 0 Å². The Morgan fingerprint density at radius 1 is 1.10 bits per heavy atom. The third-order valence-electron chi connectivity index (χ3n) is 5.76. The second kappa shape index (κ2) is 10.3. The molecule has 1 saturated heterocycles. The van der Waals surface area contributed by atoms with Gasteiger partial charge in [0.2, 0.25) is 11.8 Å². The van der Waals surface area contributed by atoms with E-state index in [1.54, 1.807) is 19.1 Å². The van der Waals surface area contributed by atoms with Crippen LogP contribution in [0.25, 0.3) is 0 Å². The third kappa shape index (κ3) is 5.19. The van der Waals surface area contributed by atoms with Crippen molar-refractivity contribution in [1.82, 2.24) is 5.32 Å². The highest BCUT2D eigenvalue weighted by molar-refractivity contribution is 5.97. The molecule has 0 bridgehead atoms. The zero-order valence-corrected chi connectivity index (χ0v) is 18.8. The molecule has 2 amide bonds. The van der Waals surface area contributed by atoms with Gasteiger partial charge in [-0.3, -0.25) is 9.59 Å². The van der Waals surface area contributed by atoms with Crippen molar-refractivity contribution < 1.29 is 19.1 Å². The molecule has 0 radical (unpaired) electrons. The van der Waals surface area contributed by atoms with E-state index in [1.807, 2.05) is 48.5 Å². The van der Waals surface area contributed by atoms with Gasteiger partial charge in [0.25, 0.3) is 0 Å². The summed E-state index contributed by atoms with van der Waals surface area (Å²) in [5.41, 5.74) is 1.57. The molecule has 0 spiro atoms. The number of ether oxygens (including phenoxy) is 2. The maximum Gasteiger partial charge on any atom is 0.227 e. The Hall–Kier alpha value is -3.02. The fourth-order valence-electron chi connectivity index (χ4n) is 4.10. The van der Waals surface area contributed by atoms with Crippen LogP contribution in [0.15, 0.2) is 48.5 Å². The highest BCUT2D eigenvalue weighted by atomic mass is 16.5. The number of rotatable bonds is 8. The number of benzene rings is 2. The minimum absolute atomic E-state index is 0.00713. The van der Waals surface area contributed by atoms with Crippen LogP contribution in [-0.2, 0) is 9.59 Å². The Labute approximate surface area is 184 Å². The summed E-state index contributed by atoms with van der Waals surface area (Å²) in [6, 6.07) is 14.5. The van der Waals surface area contributed by atoms with Crippen molar-refractivity contribution in [2.24, 2.45) is 11.8 Å². The molecule has 6 nitrogen and oxygen atoms in total. The second-order valence-corrected chi connectivity index (χ2v) is 8.27. The van der Waals surface area contributed by atoms with E-state index in [-0.39, 0.29) is 17.7 Å². The van der Waals surface area contributed by atoms with Gasteiger partial charge in [-0.25, -0.2) is 0 Å². The van der Waals surface area contributed by atoms with Gasteiger partial charge in [-0.2, -0.15) is 0 Å². The molecule has 0 unspecified atom stereocenters. The fourth-order valence-corrected chi connectivity index (χ4v) is 4.10. The zero-order chi connectivity index (χ0) is 22.4. The van der Waals surface area contributed by atoms with E-state index < -0.39 is 6.04 Å². The number of piperidine rings is 1. The van der Waals surface area contributed by atoms with Gasteiger partial charge in [-0.1, -0.05) is 32.0 Å². The fraction of sp³-hybridized carbons (Fsp3) is 0.440. The Bertz CT molecular complexity index is 895. The van der Waals surface area contributed by atoms with E-state index >= 15 is 0 Å². The van der Waals surface area contributed by atoms with Gasteiger partial charge < -0.3 is 19.7 Å². The summed E-state index contributed by atoms with van der Waals surface area (Å²) in [6.07, 6.45) is 1.74. The van der Waals surface area contributed by atoms with Crippen LogP contribution in [0.3, 0.4) is 0 Å². The van der Waals surface area contributed by atoms with Crippen LogP contribution in [0.5, 0.6) is 11.5 Å². The zero-order valence-electron chi connectivity index (χ0n) is 18.8. The predicted octanol–water partition coefficient (Wildman–Crippen LogP) is 4.35. The highest BCUT2D eigenvalue weighted by Crippen LogP contribution is 2.43. The van der Waals surface area contributed by atoms with Crippen molar-refractivity contribution in [2.45, 2.75) is 39.2 Å². The van der Waals surface area contributed by atoms with Crippen LogP contribution in [0.2, 0.25) is 0 Å². The van der Waals surface area contributed by atoms with Crippen molar-refractivity contribution in [2.75, 3.05) is 25.7 Å². The van der Waals surface area contributed by atoms with Crippen molar-refractivity contribution in [3.8, 4) is 11.5 Å². The van der Waals surface area contributed by atoms with Crippen LogP contribution in [-0.4, -0.2) is 32.6 Å². The summed E-state index contributed by atoms with van der Waals surface area (Å²) < 4.78 is 10.9. The molecule has 3 rings (SSSR count). The molecule has 2 aromatic rings. The minimum Gasteiger partial charge on any atom is -0.497 e. The van der Waals surface area contributed by atoms with Crippen LogP contribution in [0.1, 0.15) is 44.7 Å². The summed E-state index contributed by atoms with van der Waals surface area (Å²) >= 11 is 0. The van der Waals surface area contributed by atoms with E-state index in [0.29, 0.717) is 36.8 Å². The Balaban J connectivity index is 2.01. The smallest absolute Gasteiger partial charge is 0.227 e. The number of methoxy groups -OCH3 is 2. The normalized spacial score (nSPS) is 18.7. The highest BCUT2D eigenvalue weighted by Gasteiger charge is 2.42. The number of hydrogen-bond donors (Lipinski definition) is 1. The average molecular weight is 425 g/mol. The number of nitrogens with one attached hydrogen (secondary N) is 1. The van der Waals surface area contributed by atoms with E-state index in [4.69, 9.17) is 9.47 Å². The molecule has 166 valence electrons. The second-order valence-electron chi connectivity index (χ2n) is 8.27. The Morgan fingerprint density at radius 2 is 1.81 bits per heavy atom. The molecule has 1 N–H and O–H groups in total. The minimum atomic E-state index is -0.454. The molecule has 1 aliphatic heterocycles. The van der Waals surface area contributed by atoms with Crippen molar-refractivity contribution >= 4 is 17.5 Å². The number of anilines is 1. The average Bonchev–Trinajstić information content (AvgIpc) is 2.78. The van der Waals surface area contributed by atoms with E-state index in [9.17, 15) is 9.59 Å². The number of para-hydroxylation sites is 1. The van der Waals surface area contributed by atoms with E-state index in [0.717, 1.165) is 17.7 Å². The predicted molar refractivity (Wildman–Crippen MR) is 121 cm³/mol. The summed E-state index contributed by atoms with van der Waals surface area (Å²) in [5.74, 6) is 1.48. The maximum absolute atomic E-state index is 13.2. The Morgan fingerprint density at radius 3 is 2.45 bits per heavy atom. The number of nitrogens with zero attached hydrogens (tertiary/aromatic N) is 1. The van der Waals surface area contributed by atoms with Crippen molar-refractivity contribution in [1.29, 1.82) is 0 Å². The number of amides is 2.